The zero-order valence-corrected chi connectivity index (χ0v) is 14.3. The van der Waals surface area contributed by atoms with Gasteiger partial charge in [0.1, 0.15) is 5.82 Å². The van der Waals surface area contributed by atoms with E-state index in [1.807, 2.05) is 30.6 Å². The molecule has 0 aliphatic rings. The van der Waals surface area contributed by atoms with E-state index in [0.717, 1.165) is 46.4 Å². The van der Waals surface area contributed by atoms with Gasteiger partial charge in [0.25, 0.3) is 0 Å². The highest BCUT2D eigenvalue weighted by atomic mass is 32.1. The Balaban J connectivity index is 1.87. The van der Waals surface area contributed by atoms with Gasteiger partial charge in [0.05, 0.1) is 5.01 Å². The van der Waals surface area contributed by atoms with E-state index in [1.165, 1.54) is 0 Å². The number of hydrogen-bond acceptors (Lipinski definition) is 6. The highest BCUT2D eigenvalue weighted by Crippen LogP contribution is 2.23. The second-order valence-electron chi connectivity index (χ2n) is 5.41. The number of rotatable bonds is 5. The number of thiazole rings is 1. The van der Waals surface area contributed by atoms with Crippen molar-refractivity contribution >= 4 is 17.2 Å². The first-order valence-corrected chi connectivity index (χ1v) is 8.38. The Morgan fingerprint density at radius 2 is 1.87 bits per heavy atom. The van der Waals surface area contributed by atoms with Crippen molar-refractivity contribution in [3.8, 4) is 11.4 Å². The fourth-order valence-electron chi connectivity index (χ4n) is 2.36. The van der Waals surface area contributed by atoms with Crippen LogP contribution >= 0.6 is 11.3 Å². The van der Waals surface area contributed by atoms with Crippen molar-refractivity contribution in [2.45, 2.75) is 20.3 Å². The third-order valence-electron chi connectivity index (χ3n) is 3.81. The number of hydrogen-bond donors (Lipinski definition) is 0. The van der Waals surface area contributed by atoms with Crippen LogP contribution in [0.5, 0.6) is 0 Å². The second kappa shape index (κ2) is 6.83. The summed E-state index contributed by atoms with van der Waals surface area (Å²) in [6.07, 6.45) is 6.29. The molecular formula is C17H19N5S. The number of likely N-dealkylation sites (N-methyl/N-ethyl adjacent to an activating group) is 1. The quantitative estimate of drug-likeness (QED) is 0.720. The molecule has 0 spiro atoms. The van der Waals surface area contributed by atoms with Crippen molar-refractivity contribution < 1.29 is 0 Å². The summed E-state index contributed by atoms with van der Waals surface area (Å²) in [7, 11) is 2.07. The lowest BCUT2D eigenvalue weighted by Crippen LogP contribution is -2.23. The van der Waals surface area contributed by atoms with Crippen LogP contribution in [-0.4, -0.2) is 33.5 Å². The molecule has 0 unspecified atom stereocenters. The number of anilines is 1. The molecule has 0 aliphatic carbocycles. The molecule has 23 heavy (non-hydrogen) atoms. The van der Waals surface area contributed by atoms with Gasteiger partial charge in [-0.2, -0.15) is 0 Å². The van der Waals surface area contributed by atoms with Crippen LogP contribution in [0.15, 0.2) is 36.1 Å². The fraction of sp³-hybridized carbons (Fsp3) is 0.294. The fourth-order valence-corrected chi connectivity index (χ4v) is 2.97. The summed E-state index contributed by atoms with van der Waals surface area (Å²) in [6, 6.07) is 3.87. The zero-order valence-electron chi connectivity index (χ0n) is 13.5. The van der Waals surface area contributed by atoms with Gasteiger partial charge in [-0.15, -0.1) is 11.3 Å². The van der Waals surface area contributed by atoms with Crippen molar-refractivity contribution in [2.75, 3.05) is 18.5 Å². The van der Waals surface area contributed by atoms with Crippen molar-refractivity contribution in [2.24, 2.45) is 0 Å². The Morgan fingerprint density at radius 1 is 1.09 bits per heavy atom. The van der Waals surface area contributed by atoms with Crippen LogP contribution in [0.3, 0.4) is 0 Å². The summed E-state index contributed by atoms with van der Waals surface area (Å²) >= 11 is 1.69. The van der Waals surface area contributed by atoms with Crippen LogP contribution in [0.2, 0.25) is 0 Å². The lowest BCUT2D eigenvalue weighted by Gasteiger charge is -2.21. The summed E-state index contributed by atoms with van der Waals surface area (Å²) in [4.78, 5) is 20.0. The van der Waals surface area contributed by atoms with Crippen LogP contribution in [0, 0.1) is 13.8 Å². The smallest absolute Gasteiger partial charge is 0.161 e. The number of pyridine rings is 1. The topological polar surface area (TPSA) is 54.8 Å². The molecule has 3 aromatic rings. The number of aromatic nitrogens is 4. The second-order valence-corrected chi connectivity index (χ2v) is 6.39. The lowest BCUT2D eigenvalue weighted by molar-refractivity contribution is 0.842. The number of nitrogens with zero attached hydrogens (tertiary/aromatic N) is 5. The van der Waals surface area contributed by atoms with Crippen molar-refractivity contribution in [3.63, 3.8) is 0 Å². The van der Waals surface area contributed by atoms with E-state index in [2.05, 4.69) is 33.8 Å². The standard InChI is InChI=1S/C17H19N5S/c1-12-13(2)20-16(14-4-7-18-8-5-14)21-17(12)22(3)10-6-15-19-9-11-23-15/h4-5,7-9,11H,6,10H2,1-3H3. The molecule has 0 saturated carbocycles. The van der Waals surface area contributed by atoms with Crippen molar-refractivity contribution in [1.82, 2.24) is 19.9 Å². The molecule has 0 amide bonds. The highest BCUT2D eigenvalue weighted by molar-refractivity contribution is 7.09. The molecule has 0 radical (unpaired) electrons. The maximum Gasteiger partial charge on any atom is 0.161 e. The van der Waals surface area contributed by atoms with Gasteiger partial charge in [-0.3, -0.25) is 4.98 Å². The molecule has 6 heteroatoms. The molecule has 3 rings (SSSR count). The normalized spacial score (nSPS) is 10.7. The molecule has 0 atom stereocenters. The molecule has 3 heterocycles. The lowest BCUT2D eigenvalue weighted by atomic mass is 10.2. The van der Waals surface area contributed by atoms with Crippen LogP contribution in [-0.2, 0) is 6.42 Å². The molecule has 0 bridgehead atoms. The highest BCUT2D eigenvalue weighted by Gasteiger charge is 2.13. The van der Waals surface area contributed by atoms with Gasteiger partial charge >= 0.3 is 0 Å². The monoisotopic (exact) mass is 325 g/mol. The molecule has 0 aliphatic heterocycles. The predicted octanol–water partition coefficient (Wildman–Crippen LogP) is 3.29. The third kappa shape index (κ3) is 3.53. The zero-order chi connectivity index (χ0) is 16.2. The minimum absolute atomic E-state index is 0.742. The van der Waals surface area contributed by atoms with Gasteiger partial charge in [-0.05, 0) is 26.0 Å². The molecular weight excluding hydrogens is 306 g/mol. The van der Waals surface area contributed by atoms with Gasteiger partial charge in [0.15, 0.2) is 5.82 Å². The van der Waals surface area contributed by atoms with Crippen LogP contribution in [0.25, 0.3) is 11.4 Å². The van der Waals surface area contributed by atoms with Gasteiger partial charge in [0.2, 0.25) is 0 Å². The maximum atomic E-state index is 4.77. The van der Waals surface area contributed by atoms with E-state index < -0.39 is 0 Å². The van der Waals surface area contributed by atoms with Gasteiger partial charge in [0, 0.05) is 60.8 Å². The minimum Gasteiger partial charge on any atom is -0.359 e. The molecule has 0 N–H and O–H groups in total. The Hall–Kier alpha value is -2.34. The van der Waals surface area contributed by atoms with E-state index >= 15 is 0 Å². The maximum absolute atomic E-state index is 4.77. The number of aryl methyl sites for hydroxylation is 1. The molecule has 0 saturated heterocycles. The first-order chi connectivity index (χ1) is 11.1. The molecule has 0 aromatic carbocycles. The average molecular weight is 325 g/mol. The molecule has 5 nitrogen and oxygen atoms in total. The third-order valence-corrected chi connectivity index (χ3v) is 4.65. The van der Waals surface area contributed by atoms with Gasteiger partial charge < -0.3 is 4.90 Å². The van der Waals surface area contributed by atoms with Crippen molar-refractivity contribution in [3.05, 3.63) is 52.4 Å². The minimum atomic E-state index is 0.742. The van der Waals surface area contributed by atoms with Crippen molar-refractivity contribution in [1.29, 1.82) is 0 Å². The predicted molar refractivity (Wildman–Crippen MR) is 93.8 cm³/mol. The van der Waals surface area contributed by atoms with E-state index in [0.29, 0.717) is 0 Å². The van der Waals surface area contributed by atoms with E-state index in [-0.39, 0.29) is 0 Å². The first kappa shape index (κ1) is 15.6. The molecule has 0 fully saturated rings. The summed E-state index contributed by atoms with van der Waals surface area (Å²) in [5.41, 5.74) is 3.10. The Morgan fingerprint density at radius 3 is 2.57 bits per heavy atom. The Bertz CT molecular complexity index is 771. The van der Waals surface area contributed by atoms with E-state index in [9.17, 15) is 0 Å². The first-order valence-electron chi connectivity index (χ1n) is 7.50. The summed E-state index contributed by atoms with van der Waals surface area (Å²) < 4.78 is 0. The van der Waals surface area contributed by atoms with Crippen LogP contribution in [0.1, 0.15) is 16.3 Å². The summed E-state index contributed by atoms with van der Waals surface area (Å²) in [6.45, 7) is 4.97. The SMILES string of the molecule is Cc1nc(-c2ccncc2)nc(N(C)CCc2nccs2)c1C. The Labute approximate surface area is 140 Å². The summed E-state index contributed by atoms with van der Waals surface area (Å²) in [5, 5.41) is 3.16. The average Bonchev–Trinajstić information content (AvgIpc) is 3.09. The van der Waals surface area contributed by atoms with Crippen LogP contribution in [0.4, 0.5) is 5.82 Å². The van der Waals surface area contributed by atoms with E-state index in [4.69, 9.17) is 4.98 Å². The van der Waals surface area contributed by atoms with Gasteiger partial charge in [-0.1, -0.05) is 0 Å². The molecule has 3 aromatic heterocycles. The largest absolute Gasteiger partial charge is 0.359 e. The Kier molecular flexibility index (Phi) is 4.62. The van der Waals surface area contributed by atoms with Crippen LogP contribution < -0.4 is 4.90 Å². The van der Waals surface area contributed by atoms with Gasteiger partial charge in [-0.25, -0.2) is 15.0 Å². The molecule has 118 valence electrons. The summed E-state index contributed by atoms with van der Waals surface area (Å²) in [5.74, 6) is 1.72. The van der Waals surface area contributed by atoms with E-state index in [1.54, 1.807) is 23.7 Å².